The number of nitrogens with zero attached hydrogens (tertiary/aromatic N) is 1. The smallest absolute Gasteiger partial charge is 0.338 e. The molecule has 6 nitrogen and oxygen atoms in total. The SMILES string of the molecule is COC(=O)C1(OC)CCN(c2ccc(C(=O)O)cc2)CC1. The first kappa shape index (κ1) is 15.3. The van der Waals surface area contributed by atoms with Crippen molar-refractivity contribution in [2.45, 2.75) is 18.4 Å². The van der Waals surface area contributed by atoms with Crippen LogP contribution in [0.3, 0.4) is 0 Å². The Hall–Kier alpha value is -2.08. The Labute approximate surface area is 123 Å². The third-order valence-electron chi connectivity index (χ3n) is 4.00. The zero-order valence-corrected chi connectivity index (χ0v) is 12.2. The van der Waals surface area contributed by atoms with Gasteiger partial charge >= 0.3 is 11.9 Å². The van der Waals surface area contributed by atoms with Crippen molar-refractivity contribution in [3.05, 3.63) is 29.8 Å². The van der Waals surface area contributed by atoms with Crippen LogP contribution in [0.5, 0.6) is 0 Å². The fourth-order valence-electron chi connectivity index (χ4n) is 2.62. The molecule has 0 atom stereocenters. The van der Waals surface area contributed by atoms with E-state index in [4.69, 9.17) is 14.6 Å². The number of carboxylic acids is 1. The summed E-state index contributed by atoms with van der Waals surface area (Å²) in [5.74, 6) is -1.28. The zero-order chi connectivity index (χ0) is 15.5. The normalized spacial score (nSPS) is 17.3. The Morgan fingerprint density at radius 2 is 1.71 bits per heavy atom. The van der Waals surface area contributed by atoms with E-state index >= 15 is 0 Å². The molecular formula is C15H19NO5. The number of benzene rings is 1. The number of piperidine rings is 1. The van der Waals surface area contributed by atoms with Gasteiger partial charge in [0.2, 0.25) is 0 Å². The first-order chi connectivity index (χ1) is 10.0. The van der Waals surface area contributed by atoms with Crippen LogP contribution >= 0.6 is 0 Å². The third kappa shape index (κ3) is 3.00. The Morgan fingerprint density at radius 3 is 2.14 bits per heavy atom. The fraction of sp³-hybridized carbons (Fsp3) is 0.467. The van der Waals surface area contributed by atoms with Crippen LogP contribution in [0.4, 0.5) is 5.69 Å². The van der Waals surface area contributed by atoms with E-state index in [2.05, 4.69) is 4.90 Å². The lowest BCUT2D eigenvalue weighted by atomic mass is 9.91. The Balaban J connectivity index is 2.06. The number of esters is 1. The zero-order valence-electron chi connectivity index (χ0n) is 12.2. The van der Waals surface area contributed by atoms with Crippen molar-refractivity contribution in [2.75, 3.05) is 32.2 Å². The second kappa shape index (κ2) is 6.13. The molecular weight excluding hydrogens is 274 g/mol. The molecule has 2 rings (SSSR count). The van der Waals surface area contributed by atoms with Gasteiger partial charge in [-0.3, -0.25) is 0 Å². The predicted octanol–water partition coefficient (Wildman–Crippen LogP) is 1.54. The van der Waals surface area contributed by atoms with Gasteiger partial charge < -0.3 is 19.5 Å². The van der Waals surface area contributed by atoms with Crippen LogP contribution in [0.1, 0.15) is 23.2 Å². The van der Waals surface area contributed by atoms with E-state index in [-0.39, 0.29) is 11.5 Å². The number of hydrogen-bond donors (Lipinski definition) is 1. The highest BCUT2D eigenvalue weighted by atomic mass is 16.6. The standard InChI is InChI=1S/C15H19NO5/c1-20-14(19)15(21-2)7-9-16(10-8-15)12-5-3-11(4-6-12)13(17)18/h3-6H,7-10H2,1-2H3,(H,17,18). The summed E-state index contributed by atoms with van der Waals surface area (Å²) in [6.45, 7) is 1.30. The van der Waals surface area contributed by atoms with Crippen molar-refractivity contribution in [2.24, 2.45) is 0 Å². The van der Waals surface area contributed by atoms with E-state index in [9.17, 15) is 9.59 Å². The molecule has 0 aromatic heterocycles. The molecule has 1 aliphatic rings. The van der Waals surface area contributed by atoms with Gasteiger partial charge in [-0.05, 0) is 24.3 Å². The minimum absolute atomic E-state index is 0.261. The van der Waals surface area contributed by atoms with Crippen molar-refractivity contribution in [1.29, 1.82) is 0 Å². The summed E-state index contributed by atoms with van der Waals surface area (Å²) in [5, 5.41) is 8.89. The molecule has 1 aromatic rings. The summed E-state index contributed by atoms with van der Waals surface area (Å²) >= 11 is 0. The van der Waals surface area contributed by atoms with E-state index < -0.39 is 11.6 Å². The quantitative estimate of drug-likeness (QED) is 0.849. The van der Waals surface area contributed by atoms with Crippen LogP contribution < -0.4 is 4.90 Å². The molecule has 1 heterocycles. The number of anilines is 1. The fourth-order valence-corrected chi connectivity index (χ4v) is 2.62. The summed E-state index contributed by atoms with van der Waals surface area (Å²) < 4.78 is 10.2. The first-order valence-electron chi connectivity index (χ1n) is 6.74. The highest BCUT2D eigenvalue weighted by Crippen LogP contribution is 2.30. The van der Waals surface area contributed by atoms with Crippen molar-refractivity contribution in [3.63, 3.8) is 0 Å². The number of rotatable bonds is 4. The summed E-state index contributed by atoms with van der Waals surface area (Å²) in [6, 6.07) is 6.72. The molecule has 0 unspecified atom stereocenters. The molecule has 114 valence electrons. The molecule has 0 bridgehead atoms. The molecule has 0 radical (unpaired) electrons. The molecule has 6 heteroatoms. The number of methoxy groups -OCH3 is 2. The summed E-state index contributed by atoms with van der Waals surface area (Å²) in [5.41, 5.74) is 0.331. The van der Waals surface area contributed by atoms with Gasteiger partial charge in [0, 0.05) is 38.7 Å². The second-order valence-electron chi connectivity index (χ2n) is 5.03. The van der Waals surface area contributed by atoms with E-state index in [1.54, 1.807) is 24.3 Å². The van der Waals surface area contributed by atoms with Crippen LogP contribution in [0, 0.1) is 0 Å². The van der Waals surface area contributed by atoms with Crippen molar-refractivity contribution < 1.29 is 24.2 Å². The molecule has 0 amide bonds. The van der Waals surface area contributed by atoms with Crippen molar-refractivity contribution in [3.8, 4) is 0 Å². The second-order valence-corrected chi connectivity index (χ2v) is 5.03. The molecule has 1 N–H and O–H groups in total. The average molecular weight is 293 g/mol. The molecule has 1 fully saturated rings. The number of carboxylic acid groups (broad SMARTS) is 1. The van der Waals surface area contributed by atoms with Crippen molar-refractivity contribution >= 4 is 17.6 Å². The largest absolute Gasteiger partial charge is 0.478 e. The van der Waals surface area contributed by atoms with Gasteiger partial charge in [0.15, 0.2) is 5.60 Å². The highest BCUT2D eigenvalue weighted by Gasteiger charge is 2.42. The van der Waals surface area contributed by atoms with E-state index in [0.717, 1.165) is 5.69 Å². The molecule has 0 spiro atoms. The number of aromatic carboxylic acids is 1. The van der Waals surface area contributed by atoms with Gasteiger partial charge in [-0.1, -0.05) is 0 Å². The van der Waals surface area contributed by atoms with Gasteiger partial charge in [0.25, 0.3) is 0 Å². The maximum Gasteiger partial charge on any atom is 0.338 e. The number of hydrogen-bond acceptors (Lipinski definition) is 5. The van der Waals surface area contributed by atoms with Crippen LogP contribution in [0.2, 0.25) is 0 Å². The molecule has 1 aliphatic heterocycles. The molecule has 21 heavy (non-hydrogen) atoms. The molecule has 0 saturated carbocycles. The van der Waals surface area contributed by atoms with E-state index in [1.165, 1.54) is 14.2 Å². The predicted molar refractivity (Wildman–Crippen MR) is 76.6 cm³/mol. The van der Waals surface area contributed by atoms with Crippen LogP contribution in [0.25, 0.3) is 0 Å². The first-order valence-corrected chi connectivity index (χ1v) is 6.74. The maximum absolute atomic E-state index is 11.9. The van der Waals surface area contributed by atoms with Crippen LogP contribution in [-0.2, 0) is 14.3 Å². The third-order valence-corrected chi connectivity index (χ3v) is 4.00. The molecule has 0 aliphatic carbocycles. The number of carbonyl (C=O) groups excluding carboxylic acids is 1. The number of carbonyl (C=O) groups is 2. The van der Waals surface area contributed by atoms with Gasteiger partial charge in [-0.2, -0.15) is 0 Å². The van der Waals surface area contributed by atoms with Gasteiger partial charge in [-0.15, -0.1) is 0 Å². The summed E-state index contributed by atoms with van der Waals surface area (Å²) in [7, 11) is 2.88. The van der Waals surface area contributed by atoms with E-state index in [0.29, 0.717) is 25.9 Å². The average Bonchev–Trinajstić information content (AvgIpc) is 2.54. The summed E-state index contributed by atoms with van der Waals surface area (Å²) in [6.07, 6.45) is 1.08. The lowest BCUT2D eigenvalue weighted by Gasteiger charge is -2.39. The van der Waals surface area contributed by atoms with Crippen LogP contribution in [0.15, 0.2) is 24.3 Å². The minimum atomic E-state index is -0.940. The van der Waals surface area contributed by atoms with Crippen molar-refractivity contribution in [1.82, 2.24) is 0 Å². The minimum Gasteiger partial charge on any atom is -0.478 e. The Morgan fingerprint density at radius 1 is 1.14 bits per heavy atom. The Kier molecular flexibility index (Phi) is 4.47. The number of ether oxygens (including phenoxy) is 2. The topological polar surface area (TPSA) is 76.1 Å². The highest BCUT2D eigenvalue weighted by molar-refractivity contribution is 5.88. The van der Waals surface area contributed by atoms with E-state index in [1.807, 2.05) is 0 Å². The van der Waals surface area contributed by atoms with Crippen LogP contribution in [-0.4, -0.2) is 50.0 Å². The molecule has 1 saturated heterocycles. The lowest BCUT2D eigenvalue weighted by Crippen LogP contribution is -2.51. The molecule has 1 aromatic carbocycles. The lowest BCUT2D eigenvalue weighted by molar-refractivity contribution is -0.168. The maximum atomic E-state index is 11.9. The van der Waals surface area contributed by atoms with Gasteiger partial charge in [-0.25, -0.2) is 9.59 Å². The summed E-state index contributed by atoms with van der Waals surface area (Å²) in [4.78, 5) is 24.8. The monoisotopic (exact) mass is 293 g/mol. The van der Waals surface area contributed by atoms with Gasteiger partial charge in [0.05, 0.1) is 12.7 Å². The van der Waals surface area contributed by atoms with Gasteiger partial charge in [0.1, 0.15) is 0 Å². The Bertz CT molecular complexity index is 517.